The average Bonchev–Trinajstić information content (AvgIpc) is 3.58. The van der Waals surface area contributed by atoms with Gasteiger partial charge >= 0.3 is 5.97 Å². The summed E-state index contributed by atoms with van der Waals surface area (Å²) in [5.74, 6) is -1.58. The van der Waals surface area contributed by atoms with Crippen molar-refractivity contribution in [1.82, 2.24) is 30.0 Å². The second-order valence-corrected chi connectivity index (χ2v) is 12.1. The van der Waals surface area contributed by atoms with Crippen molar-refractivity contribution in [2.24, 2.45) is 5.92 Å². The molecule has 1 unspecified atom stereocenters. The van der Waals surface area contributed by atoms with E-state index in [-0.39, 0.29) is 49.4 Å². The zero-order chi connectivity index (χ0) is 29.5. The van der Waals surface area contributed by atoms with Crippen molar-refractivity contribution in [1.29, 1.82) is 0 Å². The molecule has 0 bridgehead atoms. The van der Waals surface area contributed by atoms with E-state index in [1.54, 1.807) is 18.0 Å². The summed E-state index contributed by atoms with van der Waals surface area (Å²) in [6.45, 7) is 3.75. The average molecular weight is 597 g/mol. The molecule has 11 nitrogen and oxygen atoms in total. The molecule has 2 saturated heterocycles. The summed E-state index contributed by atoms with van der Waals surface area (Å²) < 4.78 is 5.09. The van der Waals surface area contributed by atoms with E-state index in [1.807, 2.05) is 50.2 Å². The number of tetrazole rings is 1. The smallest absolute Gasteiger partial charge is 0.348 e. The highest BCUT2D eigenvalue weighted by atomic mass is 35.5. The fraction of sp³-hybridized carbons (Fsp3) is 0.393. The summed E-state index contributed by atoms with van der Waals surface area (Å²) in [7, 11) is 2.84. The number of halogens is 1. The number of ketones is 1. The molecule has 3 heterocycles. The lowest BCUT2D eigenvalue weighted by Crippen LogP contribution is -2.57. The number of carbonyl (C=O) groups is 4. The number of methoxy groups -OCH3 is 1. The predicted octanol–water partition coefficient (Wildman–Crippen LogP) is 2.77. The number of hydrogen-bond donors (Lipinski definition) is 0. The van der Waals surface area contributed by atoms with Crippen LogP contribution in [0.25, 0.3) is 0 Å². The van der Waals surface area contributed by atoms with Crippen molar-refractivity contribution in [3.05, 3.63) is 75.6 Å². The van der Waals surface area contributed by atoms with Crippen molar-refractivity contribution in [2.75, 3.05) is 20.7 Å². The summed E-state index contributed by atoms with van der Waals surface area (Å²) >= 11 is 7.60. The molecule has 2 aliphatic heterocycles. The molecular formula is C28H29ClN6O5S. The first kappa shape index (κ1) is 28.7. The molecule has 41 heavy (non-hydrogen) atoms. The minimum absolute atomic E-state index is 0.00664. The first-order valence-corrected chi connectivity index (χ1v) is 14.2. The Kier molecular flexibility index (Phi) is 7.89. The van der Waals surface area contributed by atoms with E-state index < -0.39 is 22.1 Å². The number of hydrogen-bond acceptors (Lipinski definition) is 9. The number of aryl methyl sites for hydroxylation is 1. The lowest BCUT2D eigenvalue weighted by Gasteiger charge is -2.40. The molecule has 5 rings (SSSR count). The molecule has 0 N–H and O–H groups in total. The van der Waals surface area contributed by atoms with Crippen LogP contribution in [0.2, 0.25) is 5.02 Å². The SMILES string of the molecule is COC(=O)[C@@]1(n2nnc(CN(C)C(=O)c3ccc(C)c(C)c3Cl)n2)CN2C(=O)[C@@H](CC(=O)Cc3ccccc3)C2S1. The Hall–Kier alpha value is -3.77. The molecule has 0 radical (unpaired) electrons. The highest BCUT2D eigenvalue weighted by molar-refractivity contribution is 8.01. The molecule has 1 aromatic heterocycles. The second-order valence-electron chi connectivity index (χ2n) is 10.3. The number of Topliss-reactive ketones (excluding diaryl/α,β-unsaturated/α-hetero) is 1. The quantitative estimate of drug-likeness (QED) is 0.270. The van der Waals surface area contributed by atoms with Crippen molar-refractivity contribution in [3.8, 4) is 0 Å². The topological polar surface area (TPSA) is 128 Å². The summed E-state index contributed by atoms with van der Waals surface area (Å²) in [6, 6.07) is 12.9. The third-order valence-corrected chi connectivity index (χ3v) is 9.70. The van der Waals surface area contributed by atoms with Crippen molar-refractivity contribution in [3.63, 3.8) is 0 Å². The maximum Gasteiger partial charge on any atom is 0.348 e. The number of ether oxygens (including phenoxy) is 1. The second kappa shape index (κ2) is 11.2. The number of esters is 1. The minimum atomic E-state index is -1.47. The zero-order valence-electron chi connectivity index (χ0n) is 23.0. The van der Waals surface area contributed by atoms with Gasteiger partial charge in [-0.1, -0.05) is 59.8 Å². The maximum absolute atomic E-state index is 13.1. The van der Waals surface area contributed by atoms with Crippen LogP contribution in [0.15, 0.2) is 42.5 Å². The van der Waals surface area contributed by atoms with E-state index in [0.717, 1.165) is 21.5 Å². The van der Waals surface area contributed by atoms with Gasteiger partial charge in [0.15, 0.2) is 5.82 Å². The number of β-lactam (4-membered cyclic amide) rings is 1. The molecule has 0 saturated carbocycles. The Morgan fingerprint density at radius 1 is 1.17 bits per heavy atom. The summed E-state index contributed by atoms with van der Waals surface area (Å²) in [4.78, 5) is 54.5. The van der Waals surface area contributed by atoms with Crippen molar-refractivity contribution < 1.29 is 23.9 Å². The van der Waals surface area contributed by atoms with Gasteiger partial charge in [0.05, 0.1) is 42.1 Å². The van der Waals surface area contributed by atoms with Crippen molar-refractivity contribution >= 4 is 46.9 Å². The van der Waals surface area contributed by atoms with Crippen molar-refractivity contribution in [2.45, 2.75) is 43.5 Å². The summed E-state index contributed by atoms with van der Waals surface area (Å²) in [6.07, 6.45) is 0.306. The molecule has 13 heteroatoms. The highest BCUT2D eigenvalue weighted by Crippen LogP contribution is 2.53. The Morgan fingerprint density at radius 3 is 2.61 bits per heavy atom. The molecule has 2 aromatic carbocycles. The lowest BCUT2D eigenvalue weighted by atomic mass is 9.90. The van der Waals surface area contributed by atoms with E-state index >= 15 is 0 Å². The monoisotopic (exact) mass is 596 g/mol. The van der Waals surface area contributed by atoms with Gasteiger partial charge in [0, 0.05) is 19.9 Å². The number of benzene rings is 2. The van der Waals surface area contributed by atoms with E-state index in [9.17, 15) is 19.2 Å². The van der Waals surface area contributed by atoms with Crippen LogP contribution in [-0.2, 0) is 37.0 Å². The zero-order valence-corrected chi connectivity index (χ0v) is 24.6. The fourth-order valence-corrected chi connectivity index (χ4v) is 7.01. The number of nitrogens with zero attached hydrogens (tertiary/aromatic N) is 6. The number of fused-ring (bicyclic) bond motifs is 1. The van der Waals surface area contributed by atoms with Crippen LogP contribution in [-0.4, -0.2) is 79.7 Å². The maximum atomic E-state index is 13.1. The highest BCUT2D eigenvalue weighted by Gasteiger charge is 2.64. The number of aromatic nitrogens is 4. The van der Waals surface area contributed by atoms with Gasteiger partial charge in [-0.3, -0.25) is 14.4 Å². The van der Waals surface area contributed by atoms with Gasteiger partial charge in [0.2, 0.25) is 10.8 Å². The molecular weight excluding hydrogens is 568 g/mol. The normalized spacial score (nSPS) is 21.3. The van der Waals surface area contributed by atoms with Gasteiger partial charge in [0.1, 0.15) is 5.78 Å². The standard InChI is InChI=1S/C28H29ClN6O5S/c1-16-10-11-20(23(29)17(16)2)24(37)33(3)14-22-30-32-35(31-22)28(27(39)40-4)15-34-25(38)21(26(34)41-28)13-19(36)12-18-8-6-5-7-9-18/h5-11,21,26H,12-15H2,1-4H3/t21-,26?,28-/m1/s1. The molecule has 3 aromatic rings. The van der Waals surface area contributed by atoms with E-state index in [1.165, 1.54) is 23.8 Å². The Morgan fingerprint density at radius 2 is 1.90 bits per heavy atom. The Balaban J connectivity index is 1.30. The number of amides is 2. The van der Waals surface area contributed by atoms with Gasteiger partial charge < -0.3 is 14.5 Å². The lowest BCUT2D eigenvalue weighted by molar-refractivity contribution is -0.155. The van der Waals surface area contributed by atoms with Crippen LogP contribution in [0.5, 0.6) is 0 Å². The molecule has 2 aliphatic rings. The van der Waals surface area contributed by atoms with E-state index in [2.05, 4.69) is 15.4 Å². The van der Waals surface area contributed by atoms with Crippen LogP contribution < -0.4 is 0 Å². The molecule has 0 aliphatic carbocycles. The van der Waals surface area contributed by atoms with Gasteiger partial charge in [-0.2, -0.15) is 0 Å². The third kappa shape index (κ3) is 5.21. The fourth-order valence-electron chi connectivity index (χ4n) is 5.07. The third-order valence-electron chi connectivity index (χ3n) is 7.54. The molecule has 3 atom stereocenters. The van der Waals surface area contributed by atoms with Gasteiger partial charge in [-0.05, 0) is 41.8 Å². The summed E-state index contributed by atoms with van der Waals surface area (Å²) in [5.41, 5.74) is 3.05. The molecule has 214 valence electrons. The first-order valence-electron chi connectivity index (χ1n) is 13.0. The summed E-state index contributed by atoms with van der Waals surface area (Å²) in [5, 5.41) is 12.6. The largest absolute Gasteiger partial charge is 0.466 e. The number of rotatable bonds is 9. The number of carbonyl (C=O) groups excluding carboxylic acids is 4. The van der Waals surface area contributed by atoms with Crippen LogP contribution in [0.3, 0.4) is 0 Å². The van der Waals surface area contributed by atoms with Crippen LogP contribution in [0.4, 0.5) is 0 Å². The van der Waals surface area contributed by atoms with E-state index in [0.29, 0.717) is 10.6 Å². The number of thioether (sulfide) groups is 1. The van der Waals surface area contributed by atoms with Crippen LogP contribution >= 0.6 is 23.4 Å². The minimum Gasteiger partial charge on any atom is -0.466 e. The molecule has 0 spiro atoms. The van der Waals surface area contributed by atoms with Gasteiger partial charge in [0.25, 0.3) is 5.91 Å². The van der Waals surface area contributed by atoms with E-state index in [4.69, 9.17) is 16.3 Å². The van der Waals surface area contributed by atoms with Gasteiger partial charge in [-0.15, -0.1) is 15.0 Å². The predicted molar refractivity (Wildman–Crippen MR) is 151 cm³/mol. The molecule has 2 fully saturated rings. The van der Waals surface area contributed by atoms with Gasteiger partial charge in [-0.25, -0.2) is 4.79 Å². The Bertz CT molecular complexity index is 1530. The molecule has 2 amide bonds. The van der Waals surface area contributed by atoms with Crippen LogP contribution in [0, 0.1) is 19.8 Å². The van der Waals surface area contributed by atoms with Crippen LogP contribution in [0.1, 0.15) is 39.3 Å². The Labute approximate surface area is 246 Å². The first-order chi connectivity index (χ1) is 19.6.